The second kappa shape index (κ2) is 7.87. The molecular formula is C16H14BrFN2O4. The standard InChI is InChI=1S/C16H14BrFN2O4/c1-10(12-4-2-3-5-13(12)17)19-16(21)9-24-15-8-11(18)6-7-14(15)20(22)23/h2-8,10H,9H2,1H3,(H,19,21)/t10-/m0/s1. The Kier molecular flexibility index (Phi) is 5.86. The van der Waals surface area contributed by atoms with Crippen LogP contribution in [0.25, 0.3) is 0 Å². The zero-order valence-electron chi connectivity index (χ0n) is 12.7. The molecule has 1 N–H and O–H groups in total. The van der Waals surface area contributed by atoms with E-state index in [4.69, 9.17) is 4.74 Å². The molecule has 0 aliphatic rings. The average molecular weight is 397 g/mol. The Morgan fingerprint density at radius 2 is 2.08 bits per heavy atom. The van der Waals surface area contributed by atoms with Crippen LogP contribution in [0.1, 0.15) is 18.5 Å². The predicted octanol–water partition coefficient (Wildman–Crippen LogP) is 3.75. The molecule has 0 radical (unpaired) electrons. The second-order valence-corrected chi connectivity index (χ2v) is 5.82. The van der Waals surface area contributed by atoms with Crippen LogP contribution in [0.3, 0.4) is 0 Å². The van der Waals surface area contributed by atoms with E-state index in [0.29, 0.717) is 0 Å². The number of benzene rings is 2. The molecule has 1 amide bonds. The van der Waals surface area contributed by atoms with Gasteiger partial charge in [0.15, 0.2) is 6.61 Å². The van der Waals surface area contributed by atoms with Crippen molar-refractivity contribution < 1.29 is 18.8 Å². The highest BCUT2D eigenvalue weighted by atomic mass is 79.9. The van der Waals surface area contributed by atoms with E-state index >= 15 is 0 Å². The number of halogens is 2. The van der Waals surface area contributed by atoms with Crippen LogP contribution >= 0.6 is 15.9 Å². The lowest BCUT2D eigenvalue weighted by molar-refractivity contribution is -0.385. The molecule has 2 aromatic carbocycles. The lowest BCUT2D eigenvalue weighted by atomic mass is 10.1. The van der Waals surface area contributed by atoms with Crippen LogP contribution in [0, 0.1) is 15.9 Å². The number of nitro groups is 1. The normalized spacial score (nSPS) is 11.6. The van der Waals surface area contributed by atoms with Gasteiger partial charge in [-0.3, -0.25) is 14.9 Å². The van der Waals surface area contributed by atoms with Gasteiger partial charge in [0.1, 0.15) is 5.82 Å². The number of hydrogen-bond donors (Lipinski definition) is 1. The minimum absolute atomic E-state index is 0.288. The number of amides is 1. The molecule has 2 aromatic rings. The van der Waals surface area contributed by atoms with Crippen molar-refractivity contribution in [1.82, 2.24) is 5.32 Å². The van der Waals surface area contributed by atoms with E-state index < -0.39 is 28.9 Å². The summed E-state index contributed by atoms with van der Waals surface area (Å²) >= 11 is 3.40. The highest BCUT2D eigenvalue weighted by Crippen LogP contribution is 2.27. The monoisotopic (exact) mass is 396 g/mol. The van der Waals surface area contributed by atoms with Gasteiger partial charge in [-0.25, -0.2) is 4.39 Å². The third-order valence-electron chi connectivity index (χ3n) is 3.23. The zero-order chi connectivity index (χ0) is 17.7. The molecule has 2 rings (SSSR count). The quantitative estimate of drug-likeness (QED) is 0.595. The van der Waals surface area contributed by atoms with Crippen LogP contribution in [0.2, 0.25) is 0 Å². The van der Waals surface area contributed by atoms with Crippen LogP contribution in [0.5, 0.6) is 5.75 Å². The molecule has 24 heavy (non-hydrogen) atoms. The van der Waals surface area contributed by atoms with Gasteiger partial charge in [-0.2, -0.15) is 0 Å². The summed E-state index contributed by atoms with van der Waals surface area (Å²) in [4.78, 5) is 22.1. The first-order chi connectivity index (χ1) is 11.4. The van der Waals surface area contributed by atoms with Crippen LogP contribution in [0.15, 0.2) is 46.9 Å². The average Bonchev–Trinajstić information content (AvgIpc) is 2.53. The molecule has 0 spiro atoms. The van der Waals surface area contributed by atoms with Crippen molar-refractivity contribution in [3.8, 4) is 5.75 Å². The van der Waals surface area contributed by atoms with Gasteiger partial charge >= 0.3 is 5.69 Å². The molecule has 6 nitrogen and oxygen atoms in total. The summed E-state index contributed by atoms with van der Waals surface area (Å²) in [6.07, 6.45) is 0. The van der Waals surface area contributed by atoms with Crippen molar-refractivity contribution >= 4 is 27.5 Å². The molecule has 0 bridgehead atoms. The predicted molar refractivity (Wildman–Crippen MR) is 89.2 cm³/mol. The molecule has 0 aliphatic heterocycles. The van der Waals surface area contributed by atoms with Crippen molar-refractivity contribution in [2.45, 2.75) is 13.0 Å². The summed E-state index contributed by atoms with van der Waals surface area (Å²) in [5.41, 5.74) is 0.477. The van der Waals surface area contributed by atoms with Crippen molar-refractivity contribution in [3.05, 3.63) is 68.4 Å². The van der Waals surface area contributed by atoms with Crippen LogP contribution in [0.4, 0.5) is 10.1 Å². The van der Waals surface area contributed by atoms with Crippen molar-refractivity contribution in [2.24, 2.45) is 0 Å². The molecule has 0 aromatic heterocycles. The third-order valence-corrected chi connectivity index (χ3v) is 3.95. The number of carbonyl (C=O) groups is 1. The highest BCUT2D eigenvalue weighted by molar-refractivity contribution is 9.10. The minimum atomic E-state index is -0.698. The SMILES string of the molecule is C[C@H](NC(=O)COc1cc(F)ccc1[N+](=O)[O-])c1ccccc1Br. The van der Waals surface area contributed by atoms with Gasteiger partial charge in [-0.15, -0.1) is 0 Å². The van der Waals surface area contributed by atoms with E-state index in [0.717, 1.165) is 28.2 Å². The lowest BCUT2D eigenvalue weighted by Gasteiger charge is -2.16. The first-order valence-electron chi connectivity index (χ1n) is 6.99. The number of carbonyl (C=O) groups excluding carboxylic acids is 1. The number of nitrogens with zero attached hydrogens (tertiary/aromatic N) is 1. The number of hydrogen-bond acceptors (Lipinski definition) is 4. The Morgan fingerprint density at radius 1 is 1.38 bits per heavy atom. The molecule has 0 fully saturated rings. The summed E-state index contributed by atoms with van der Waals surface area (Å²) in [6, 6.07) is 9.94. The first-order valence-corrected chi connectivity index (χ1v) is 7.78. The van der Waals surface area contributed by atoms with E-state index in [2.05, 4.69) is 21.2 Å². The summed E-state index contributed by atoms with van der Waals surface area (Å²) in [5, 5.41) is 13.6. The largest absolute Gasteiger partial charge is 0.477 e. The lowest BCUT2D eigenvalue weighted by Crippen LogP contribution is -2.31. The summed E-state index contributed by atoms with van der Waals surface area (Å²) in [5.74, 6) is -1.45. The molecule has 0 heterocycles. The summed E-state index contributed by atoms with van der Waals surface area (Å²) in [6.45, 7) is 1.34. The third kappa shape index (κ3) is 4.51. The maximum atomic E-state index is 13.2. The van der Waals surface area contributed by atoms with Crippen molar-refractivity contribution in [3.63, 3.8) is 0 Å². The maximum Gasteiger partial charge on any atom is 0.311 e. The molecule has 8 heteroatoms. The Bertz CT molecular complexity index is 769. The van der Waals surface area contributed by atoms with Crippen LogP contribution in [-0.4, -0.2) is 17.4 Å². The maximum absolute atomic E-state index is 13.2. The van der Waals surface area contributed by atoms with Crippen LogP contribution in [-0.2, 0) is 4.79 Å². The minimum Gasteiger partial charge on any atom is -0.477 e. The number of ether oxygens (including phenoxy) is 1. The molecule has 0 saturated heterocycles. The van der Waals surface area contributed by atoms with Crippen molar-refractivity contribution in [2.75, 3.05) is 6.61 Å². The number of nitrogens with one attached hydrogen (secondary N) is 1. The Hall–Kier alpha value is -2.48. The van der Waals surface area contributed by atoms with E-state index in [-0.39, 0.29) is 11.8 Å². The summed E-state index contributed by atoms with van der Waals surface area (Å²) < 4.78 is 19.2. The van der Waals surface area contributed by atoms with Gasteiger partial charge in [0.2, 0.25) is 5.75 Å². The van der Waals surface area contributed by atoms with Gasteiger partial charge in [0.25, 0.3) is 5.91 Å². The Morgan fingerprint density at radius 3 is 2.75 bits per heavy atom. The fourth-order valence-electron chi connectivity index (χ4n) is 2.08. The molecular weight excluding hydrogens is 383 g/mol. The Balaban J connectivity index is 2.00. The second-order valence-electron chi connectivity index (χ2n) is 4.97. The van der Waals surface area contributed by atoms with Gasteiger partial charge in [0.05, 0.1) is 11.0 Å². The smallest absolute Gasteiger partial charge is 0.311 e. The molecule has 0 aliphatic carbocycles. The van der Waals surface area contributed by atoms with Gasteiger partial charge < -0.3 is 10.1 Å². The zero-order valence-corrected chi connectivity index (χ0v) is 14.2. The number of rotatable bonds is 6. The van der Waals surface area contributed by atoms with E-state index in [1.807, 2.05) is 24.3 Å². The van der Waals surface area contributed by atoms with E-state index in [9.17, 15) is 19.3 Å². The summed E-state index contributed by atoms with van der Waals surface area (Å²) in [7, 11) is 0. The van der Waals surface area contributed by atoms with E-state index in [1.54, 1.807) is 6.92 Å². The molecule has 126 valence electrons. The van der Waals surface area contributed by atoms with Gasteiger partial charge in [-0.05, 0) is 24.6 Å². The van der Waals surface area contributed by atoms with Gasteiger partial charge in [-0.1, -0.05) is 34.1 Å². The highest BCUT2D eigenvalue weighted by Gasteiger charge is 2.18. The fraction of sp³-hybridized carbons (Fsp3) is 0.188. The fourth-order valence-corrected chi connectivity index (χ4v) is 2.71. The van der Waals surface area contributed by atoms with Crippen molar-refractivity contribution in [1.29, 1.82) is 0 Å². The molecule has 1 atom stereocenters. The molecule has 0 unspecified atom stereocenters. The van der Waals surface area contributed by atoms with Gasteiger partial charge in [0, 0.05) is 16.6 Å². The topological polar surface area (TPSA) is 81.5 Å². The Labute approximate surface area is 145 Å². The first kappa shape index (κ1) is 17.9. The van der Waals surface area contributed by atoms with Crippen LogP contribution < -0.4 is 10.1 Å². The van der Waals surface area contributed by atoms with E-state index in [1.165, 1.54) is 0 Å². The number of nitro benzene ring substituents is 1. The molecule has 0 saturated carbocycles.